The molecule has 1 amide bonds. The zero-order valence-electron chi connectivity index (χ0n) is 15.2. The highest BCUT2D eigenvalue weighted by atomic mass is 32.1. The van der Waals surface area contributed by atoms with Crippen LogP contribution in [-0.4, -0.2) is 32.3 Å². The van der Waals surface area contributed by atoms with Crippen LogP contribution in [0.1, 0.15) is 40.0 Å². The number of benzene rings is 1. The van der Waals surface area contributed by atoms with Crippen LogP contribution in [-0.2, 0) is 11.3 Å². The Hall–Kier alpha value is -2.47. The maximum atomic E-state index is 12.4. The third-order valence-electron chi connectivity index (χ3n) is 4.84. The summed E-state index contributed by atoms with van der Waals surface area (Å²) in [5.74, 6) is 1.21. The molecular formula is C20H22N4OS. The number of carbonyl (C=O) groups is 1. The van der Waals surface area contributed by atoms with Gasteiger partial charge in [0, 0.05) is 25.4 Å². The highest BCUT2D eigenvalue weighted by Crippen LogP contribution is 2.32. The van der Waals surface area contributed by atoms with Gasteiger partial charge in [-0.15, -0.1) is 11.3 Å². The number of imidazole rings is 1. The van der Waals surface area contributed by atoms with Crippen molar-refractivity contribution < 1.29 is 4.79 Å². The number of likely N-dealkylation sites (tertiary alicyclic amines) is 1. The maximum absolute atomic E-state index is 12.4. The molecule has 1 aliphatic heterocycles. The van der Waals surface area contributed by atoms with Crippen LogP contribution in [0.5, 0.6) is 0 Å². The summed E-state index contributed by atoms with van der Waals surface area (Å²) >= 11 is 1.67. The fourth-order valence-electron chi connectivity index (χ4n) is 3.46. The van der Waals surface area contributed by atoms with Crippen LogP contribution < -0.4 is 0 Å². The van der Waals surface area contributed by atoms with Gasteiger partial charge in [-0.1, -0.05) is 29.8 Å². The van der Waals surface area contributed by atoms with Crippen molar-refractivity contribution in [3.05, 3.63) is 58.1 Å². The van der Waals surface area contributed by atoms with E-state index in [1.54, 1.807) is 11.3 Å². The number of amides is 1. The zero-order valence-corrected chi connectivity index (χ0v) is 16.1. The van der Waals surface area contributed by atoms with Gasteiger partial charge in [0.2, 0.25) is 5.91 Å². The van der Waals surface area contributed by atoms with E-state index in [0.717, 1.165) is 27.1 Å². The first-order valence-corrected chi connectivity index (χ1v) is 9.64. The maximum Gasteiger partial charge on any atom is 0.223 e. The number of aromatic amines is 1. The first kappa shape index (κ1) is 17.0. The molecule has 4 rings (SSSR count). The average Bonchev–Trinajstić information content (AvgIpc) is 3.29. The second kappa shape index (κ2) is 6.68. The third kappa shape index (κ3) is 3.29. The van der Waals surface area contributed by atoms with Crippen molar-refractivity contribution in [3.8, 4) is 10.6 Å². The van der Waals surface area contributed by atoms with E-state index in [1.807, 2.05) is 24.9 Å². The minimum absolute atomic E-state index is 0.121. The third-order valence-corrected chi connectivity index (χ3v) is 5.95. The van der Waals surface area contributed by atoms with Crippen LogP contribution in [0.4, 0.5) is 0 Å². The van der Waals surface area contributed by atoms with E-state index in [2.05, 4.69) is 46.1 Å². The summed E-state index contributed by atoms with van der Waals surface area (Å²) in [5.41, 5.74) is 4.41. The predicted octanol–water partition coefficient (Wildman–Crippen LogP) is 3.97. The molecule has 134 valence electrons. The summed E-state index contributed by atoms with van der Waals surface area (Å²) in [6.07, 6.45) is 2.38. The molecule has 1 fully saturated rings. The molecule has 0 aliphatic carbocycles. The van der Waals surface area contributed by atoms with Gasteiger partial charge in [-0.05, 0) is 26.3 Å². The van der Waals surface area contributed by atoms with Crippen molar-refractivity contribution in [1.29, 1.82) is 0 Å². The number of nitrogens with one attached hydrogen (secondary N) is 1. The highest BCUT2D eigenvalue weighted by molar-refractivity contribution is 7.15. The standard InChI is InChI=1S/C20H22N4OS/c1-12-4-6-15(7-5-12)10-24-11-16(8-18(24)25)20-21-9-17(23-20)19-13(2)22-14(3)26-19/h4-7,9,16H,8,10-11H2,1-3H3,(H,21,23). The Morgan fingerprint density at radius 2 is 2.00 bits per heavy atom. The Bertz CT molecular complexity index is 941. The molecule has 1 unspecified atom stereocenters. The summed E-state index contributed by atoms with van der Waals surface area (Å²) in [6, 6.07) is 8.36. The van der Waals surface area contributed by atoms with E-state index in [1.165, 1.54) is 11.1 Å². The quantitative estimate of drug-likeness (QED) is 0.760. The van der Waals surface area contributed by atoms with Crippen LogP contribution in [0.25, 0.3) is 10.6 Å². The molecule has 1 aromatic carbocycles. The largest absolute Gasteiger partial charge is 0.341 e. The van der Waals surface area contributed by atoms with Gasteiger partial charge in [-0.3, -0.25) is 4.79 Å². The van der Waals surface area contributed by atoms with Crippen molar-refractivity contribution in [2.45, 2.75) is 39.7 Å². The fraction of sp³-hybridized carbons (Fsp3) is 0.350. The number of H-pyrrole nitrogens is 1. The summed E-state index contributed by atoms with van der Waals surface area (Å²) in [5, 5.41) is 1.05. The van der Waals surface area contributed by atoms with Crippen LogP contribution >= 0.6 is 11.3 Å². The number of hydrogen-bond acceptors (Lipinski definition) is 4. The van der Waals surface area contributed by atoms with Gasteiger partial charge in [0.15, 0.2) is 0 Å². The van der Waals surface area contributed by atoms with Gasteiger partial charge < -0.3 is 9.88 Å². The van der Waals surface area contributed by atoms with Crippen LogP contribution in [0.15, 0.2) is 30.5 Å². The summed E-state index contributed by atoms with van der Waals surface area (Å²) < 4.78 is 0. The fourth-order valence-corrected chi connectivity index (χ4v) is 4.35. The van der Waals surface area contributed by atoms with Gasteiger partial charge in [0.1, 0.15) is 5.82 Å². The van der Waals surface area contributed by atoms with Gasteiger partial charge in [0.25, 0.3) is 0 Å². The summed E-state index contributed by atoms with van der Waals surface area (Å²) in [7, 11) is 0. The minimum Gasteiger partial charge on any atom is -0.341 e. The monoisotopic (exact) mass is 366 g/mol. The molecule has 1 N–H and O–H groups in total. The van der Waals surface area contributed by atoms with E-state index >= 15 is 0 Å². The van der Waals surface area contributed by atoms with E-state index in [0.29, 0.717) is 19.5 Å². The second-order valence-electron chi connectivity index (χ2n) is 6.99. The number of aromatic nitrogens is 3. The molecule has 1 aliphatic rings. The van der Waals surface area contributed by atoms with Crippen LogP contribution in [0.3, 0.4) is 0 Å². The Kier molecular flexibility index (Phi) is 4.36. The van der Waals surface area contributed by atoms with Crippen LogP contribution in [0.2, 0.25) is 0 Å². The van der Waals surface area contributed by atoms with Crippen molar-refractivity contribution in [3.63, 3.8) is 0 Å². The lowest BCUT2D eigenvalue weighted by Crippen LogP contribution is -2.24. The molecule has 1 saturated heterocycles. The van der Waals surface area contributed by atoms with Crippen molar-refractivity contribution >= 4 is 17.2 Å². The number of carbonyl (C=O) groups excluding carboxylic acids is 1. The van der Waals surface area contributed by atoms with E-state index in [9.17, 15) is 4.79 Å². The predicted molar refractivity (Wildman–Crippen MR) is 103 cm³/mol. The molecule has 5 nitrogen and oxygen atoms in total. The molecular weight excluding hydrogens is 344 g/mol. The number of rotatable bonds is 4. The first-order valence-electron chi connectivity index (χ1n) is 8.82. The van der Waals surface area contributed by atoms with Crippen LogP contribution in [0, 0.1) is 20.8 Å². The molecule has 3 heterocycles. The lowest BCUT2D eigenvalue weighted by Gasteiger charge is -2.16. The van der Waals surface area contributed by atoms with E-state index in [-0.39, 0.29) is 11.8 Å². The first-order chi connectivity index (χ1) is 12.5. The molecule has 0 radical (unpaired) electrons. The Morgan fingerprint density at radius 1 is 1.23 bits per heavy atom. The molecule has 0 saturated carbocycles. The topological polar surface area (TPSA) is 61.9 Å². The summed E-state index contributed by atoms with van der Waals surface area (Å²) in [6.45, 7) is 7.47. The Balaban J connectivity index is 1.48. The normalized spacial score (nSPS) is 17.3. The van der Waals surface area contributed by atoms with Gasteiger partial charge in [0.05, 0.1) is 27.5 Å². The van der Waals surface area contributed by atoms with Gasteiger partial charge >= 0.3 is 0 Å². The highest BCUT2D eigenvalue weighted by Gasteiger charge is 2.32. The molecule has 2 aromatic heterocycles. The molecule has 0 spiro atoms. The lowest BCUT2D eigenvalue weighted by molar-refractivity contribution is -0.128. The molecule has 1 atom stereocenters. The number of aryl methyl sites for hydroxylation is 3. The van der Waals surface area contributed by atoms with Crippen molar-refractivity contribution in [2.75, 3.05) is 6.54 Å². The zero-order chi connectivity index (χ0) is 18.3. The molecule has 3 aromatic rings. The number of nitrogens with zero attached hydrogens (tertiary/aromatic N) is 3. The molecule has 0 bridgehead atoms. The smallest absolute Gasteiger partial charge is 0.223 e. The van der Waals surface area contributed by atoms with Crippen molar-refractivity contribution in [1.82, 2.24) is 19.9 Å². The SMILES string of the molecule is Cc1ccc(CN2CC(c3ncc(-c4sc(C)nc4C)[nH]3)CC2=O)cc1. The lowest BCUT2D eigenvalue weighted by atomic mass is 10.1. The second-order valence-corrected chi connectivity index (χ2v) is 8.19. The number of thiazole rings is 1. The van der Waals surface area contributed by atoms with Gasteiger partial charge in [-0.2, -0.15) is 0 Å². The van der Waals surface area contributed by atoms with Crippen molar-refractivity contribution in [2.24, 2.45) is 0 Å². The number of hydrogen-bond donors (Lipinski definition) is 1. The molecule has 26 heavy (non-hydrogen) atoms. The van der Waals surface area contributed by atoms with Gasteiger partial charge in [-0.25, -0.2) is 9.97 Å². The molecule has 6 heteroatoms. The van der Waals surface area contributed by atoms with E-state index in [4.69, 9.17) is 0 Å². The average molecular weight is 366 g/mol. The Morgan fingerprint density at radius 3 is 2.69 bits per heavy atom. The van der Waals surface area contributed by atoms with E-state index < -0.39 is 0 Å². The summed E-state index contributed by atoms with van der Waals surface area (Å²) in [4.78, 5) is 28.0. The minimum atomic E-state index is 0.121. The Labute approximate surface area is 157 Å².